The highest BCUT2D eigenvalue weighted by Gasteiger charge is 2.31. The van der Waals surface area contributed by atoms with Crippen LogP contribution in [0.4, 0.5) is 4.39 Å². The molecular weight excluding hydrogens is 399 g/mol. The Bertz CT molecular complexity index is 972. The first-order valence-electron chi connectivity index (χ1n) is 9.40. The summed E-state index contributed by atoms with van der Waals surface area (Å²) >= 11 is 0. The first-order chi connectivity index (χ1) is 13.7. The lowest BCUT2D eigenvalue weighted by molar-refractivity contribution is -0.137. The van der Waals surface area contributed by atoms with E-state index in [-0.39, 0.29) is 29.8 Å². The van der Waals surface area contributed by atoms with Gasteiger partial charge in [-0.15, -0.1) is 0 Å². The van der Waals surface area contributed by atoms with E-state index in [1.165, 1.54) is 22.6 Å². The molecule has 1 unspecified atom stereocenters. The van der Waals surface area contributed by atoms with Crippen LogP contribution in [0, 0.1) is 12.7 Å². The maximum Gasteiger partial charge on any atom is 0.263 e. The average Bonchev–Trinajstić information content (AvgIpc) is 2.89. The Labute approximate surface area is 169 Å². The molecule has 2 heterocycles. The van der Waals surface area contributed by atoms with Gasteiger partial charge in [0.15, 0.2) is 22.7 Å². The zero-order valence-electron chi connectivity index (χ0n) is 16.7. The molecule has 1 saturated heterocycles. The molecule has 29 heavy (non-hydrogen) atoms. The predicted octanol–water partition coefficient (Wildman–Crippen LogP) is 1.56. The molecule has 1 aromatic carbocycles. The summed E-state index contributed by atoms with van der Waals surface area (Å²) < 4.78 is 48.0. The Morgan fingerprint density at radius 2 is 1.93 bits per heavy atom. The molecule has 0 aliphatic carbocycles. The van der Waals surface area contributed by atoms with E-state index >= 15 is 0 Å². The van der Waals surface area contributed by atoms with Crippen LogP contribution in [0.1, 0.15) is 19.2 Å². The second-order valence-electron chi connectivity index (χ2n) is 7.01. The van der Waals surface area contributed by atoms with Crippen molar-refractivity contribution in [2.45, 2.75) is 31.4 Å². The van der Waals surface area contributed by atoms with Crippen LogP contribution < -0.4 is 4.74 Å². The summed E-state index contributed by atoms with van der Waals surface area (Å²) in [5.41, 5.74) is 0. The van der Waals surface area contributed by atoms with Crippen molar-refractivity contribution in [2.24, 2.45) is 7.05 Å². The number of aryl methyl sites for hydroxylation is 2. The molecular formula is C19H25FN4O4S. The second-order valence-corrected chi connectivity index (χ2v) is 8.90. The number of para-hydroxylation sites is 1. The molecule has 1 aromatic heterocycles. The van der Waals surface area contributed by atoms with Gasteiger partial charge >= 0.3 is 0 Å². The van der Waals surface area contributed by atoms with E-state index in [0.29, 0.717) is 25.3 Å². The average molecular weight is 424 g/mol. The van der Waals surface area contributed by atoms with E-state index in [2.05, 4.69) is 4.98 Å². The molecule has 1 atom stereocenters. The van der Waals surface area contributed by atoms with Crippen molar-refractivity contribution in [1.82, 2.24) is 18.8 Å². The summed E-state index contributed by atoms with van der Waals surface area (Å²) in [5, 5.41) is 0.00790. The van der Waals surface area contributed by atoms with E-state index in [1.807, 2.05) is 0 Å². The van der Waals surface area contributed by atoms with Gasteiger partial charge in [-0.3, -0.25) is 4.79 Å². The summed E-state index contributed by atoms with van der Waals surface area (Å²) in [7, 11) is -1.99. The quantitative estimate of drug-likeness (QED) is 0.727. The Hall–Kier alpha value is -2.46. The fourth-order valence-corrected chi connectivity index (χ4v) is 4.67. The van der Waals surface area contributed by atoms with Gasteiger partial charge < -0.3 is 14.2 Å². The molecule has 158 valence electrons. The highest BCUT2D eigenvalue weighted by atomic mass is 32.2. The minimum absolute atomic E-state index is 0.00790. The molecule has 1 aliphatic heterocycles. The topological polar surface area (TPSA) is 84.7 Å². The van der Waals surface area contributed by atoms with E-state index in [9.17, 15) is 17.6 Å². The molecule has 1 amide bonds. The highest BCUT2D eigenvalue weighted by Crippen LogP contribution is 2.20. The van der Waals surface area contributed by atoms with Crippen molar-refractivity contribution >= 4 is 15.9 Å². The van der Waals surface area contributed by atoms with Crippen molar-refractivity contribution < 1.29 is 22.3 Å². The Kier molecular flexibility index (Phi) is 6.23. The smallest absolute Gasteiger partial charge is 0.263 e. The Balaban J connectivity index is 1.66. The van der Waals surface area contributed by atoms with Crippen LogP contribution in [0.25, 0.3) is 0 Å². The minimum Gasteiger partial charge on any atom is -0.478 e. The van der Waals surface area contributed by atoms with Gasteiger partial charge in [0, 0.05) is 39.4 Å². The van der Waals surface area contributed by atoms with Crippen molar-refractivity contribution in [2.75, 3.05) is 26.2 Å². The molecule has 0 bridgehead atoms. The maximum atomic E-state index is 13.8. The largest absolute Gasteiger partial charge is 0.478 e. The monoisotopic (exact) mass is 424 g/mol. The summed E-state index contributed by atoms with van der Waals surface area (Å²) in [6.07, 6.45) is 1.10. The molecule has 1 fully saturated rings. The summed E-state index contributed by atoms with van der Waals surface area (Å²) in [6, 6.07) is 5.90. The number of sulfonamides is 1. The van der Waals surface area contributed by atoms with Crippen molar-refractivity contribution in [3.05, 3.63) is 42.1 Å². The number of ether oxygens (including phenoxy) is 1. The lowest BCUT2D eigenvalue weighted by Gasteiger charge is -2.25. The summed E-state index contributed by atoms with van der Waals surface area (Å²) in [6.45, 7) is 4.38. The number of rotatable bonds is 5. The van der Waals surface area contributed by atoms with Crippen LogP contribution in [0.2, 0.25) is 0 Å². The van der Waals surface area contributed by atoms with Crippen molar-refractivity contribution in [3.8, 4) is 5.75 Å². The highest BCUT2D eigenvalue weighted by molar-refractivity contribution is 7.89. The number of amides is 1. The third-order valence-corrected chi connectivity index (χ3v) is 6.72. The fourth-order valence-electron chi connectivity index (χ4n) is 3.18. The first kappa shape index (κ1) is 21.3. The number of hydrogen-bond acceptors (Lipinski definition) is 5. The molecule has 8 nitrogen and oxygen atoms in total. The maximum absolute atomic E-state index is 13.8. The molecule has 10 heteroatoms. The lowest BCUT2D eigenvalue weighted by atomic mass is 10.3. The van der Waals surface area contributed by atoms with Gasteiger partial charge in [0.05, 0.1) is 0 Å². The standard InChI is InChI=1S/C19H25FN4O4S/c1-14(28-17-8-5-4-7-16(17)20)19(25)23-9-6-10-24(12-11-23)29(26,27)18-13-22(3)15(2)21-18/h4-5,7-8,13-14H,6,9-12H2,1-3H3. The second kappa shape index (κ2) is 8.50. The molecule has 0 saturated carbocycles. The van der Waals surface area contributed by atoms with Crippen LogP contribution in [-0.4, -0.2) is 65.4 Å². The van der Waals surface area contributed by atoms with Gasteiger partial charge in [-0.25, -0.2) is 17.8 Å². The third-order valence-electron chi connectivity index (χ3n) is 4.95. The van der Waals surface area contributed by atoms with Gasteiger partial charge in [0.25, 0.3) is 15.9 Å². The number of imidazole rings is 1. The fraction of sp³-hybridized carbons (Fsp3) is 0.474. The Morgan fingerprint density at radius 3 is 2.59 bits per heavy atom. The molecule has 2 aromatic rings. The van der Waals surface area contributed by atoms with E-state index < -0.39 is 21.9 Å². The molecule has 0 radical (unpaired) electrons. The summed E-state index contributed by atoms with van der Waals surface area (Å²) in [4.78, 5) is 18.4. The van der Waals surface area contributed by atoms with Crippen LogP contribution in [0.3, 0.4) is 0 Å². The SMILES string of the molecule is Cc1nc(S(=O)(=O)N2CCCN(C(=O)C(C)Oc3ccccc3F)CC2)cn1C. The molecule has 0 N–H and O–H groups in total. The van der Waals surface area contributed by atoms with Gasteiger partial charge in [0.2, 0.25) is 0 Å². The van der Waals surface area contributed by atoms with E-state index in [4.69, 9.17) is 4.74 Å². The van der Waals surface area contributed by atoms with Crippen molar-refractivity contribution in [1.29, 1.82) is 0 Å². The number of aromatic nitrogens is 2. The number of halogens is 1. The zero-order chi connectivity index (χ0) is 21.2. The Morgan fingerprint density at radius 1 is 1.21 bits per heavy atom. The number of benzene rings is 1. The van der Waals surface area contributed by atoms with E-state index in [1.54, 1.807) is 42.5 Å². The number of carbonyl (C=O) groups excluding carboxylic acids is 1. The van der Waals surface area contributed by atoms with Crippen LogP contribution in [0.15, 0.2) is 35.5 Å². The van der Waals surface area contributed by atoms with Crippen LogP contribution in [-0.2, 0) is 21.9 Å². The minimum atomic E-state index is -3.73. The summed E-state index contributed by atoms with van der Waals surface area (Å²) in [5.74, 6) is -0.223. The van der Waals surface area contributed by atoms with Gasteiger partial charge in [-0.2, -0.15) is 4.31 Å². The zero-order valence-corrected chi connectivity index (χ0v) is 17.5. The lowest BCUT2D eigenvalue weighted by Crippen LogP contribution is -2.43. The normalized spacial score (nSPS) is 17.0. The molecule has 3 rings (SSSR count). The first-order valence-corrected chi connectivity index (χ1v) is 10.8. The van der Waals surface area contributed by atoms with Gasteiger partial charge in [0.1, 0.15) is 5.82 Å². The number of hydrogen-bond donors (Lipinski definition) is 0. The third kappa shape index (κ3) is 4.59. The number of carbonyl (C=O) groups is 1. The van der Waals surface area contributed by atoms with Gasteiger partial charge in [-0.1, -0.05) is 12.1 Å². The molecule has 0 spiro atoms. The van der Waals surface area contributed by atoms with Crippen molar-refractivity contribution in [3.63, 3.8) is 0 Å². The van der Waals surface area contributed by atoms with E-state index in [0.717, 1.165) is 0 Å². The number of nitrogens with zero attached hydrogens (tertiary/aromatic N) is 4. The molecule has 1 aliphatic rings. The van der Waals surface area contributed by atoms with Crippen LogP contribution >= 0.6 is 0 Å². The predicted molar refractivity (Wildman–Crippen MR) is 104 cm³/mol. The van der Waals surface area contributed by atoms with Crippen LogP contribution in [0.5, 0.6) is 5.75 Å². The van der Waals surface area contributed by atoms with Gasteiger partial charge in [-0.05, 0) is 32.4 Å².